The van der Waals surface area contributed by atoms with Gasteiger partial charge in [-0.25, -0.2) is 14.8 Å². The van der Waals surface area contributed by atoms with E-state index < -0.39 is 17.2 Å². The van der Waals surface area contributed by atoms with Gasteiger partial charge in [-0.15, -0.1) is 11.3 Å². The number of pyridine rings is 1. The quantitative estimate of drug-likeness (QED) is 0.569. The van der Waals surface area contributed by atoms with Gasteiger partial charge >= 0.3 is 5.69 Å². The molecule has 0 radical (unpaired) electrons. The first-order chi connectivity index (χ1) is 13.0. The van der Waals surface area contributed by atoms with Crippen molar-refractivity contribution in [2.24, 2.45) is 14.1 Å². The number of anilines is 1. The minimum atomic E-state index is -0.467. The molecular weight excluding hydrogens is 386 g/mol. The number of hydrogen-bond donors (Lipinski definition) is 1. The van der Waals surface area contributed by atoms with Crippen LogP contribution >= 0.6 is 22.7 Å². The number of carbonyl (C=O) groups excluding carboxylic acids is 1. The van der Waals surface area contributed by atoms with E-state index in [2.05, 4.69) is 15.3 Å². The standard InChI is InChI=1S/C17H13N5O3S2/c1-21-13-11(16(24)22(2)17(21)25)5-10(6-18-13)19-14(23)12-8-27-15(20-12)9-3-4-26-7-9/h3-8H,1-2H3,(H,19,23). The maximum atomic E-state index is 12.5. The second kappa shape index (κ2) is 6.56. The summed E-state index contributed by atoms with van der Waals surface area (Å²) in [5, 5.41) is 9.31. The van der Waals surface area contributed by atoms with E-state index in [9.17, 15) is 14.4 Å². The van der Waals surface area contributed by atoms with Crippen molar-refractivity contribution in [3.63, 3.8) is 0 Å². The number of fused-ring (bicyclic) bond motifs is 1. The first kappa shape index (κ1) is 17.3. The van der Waals surface area contributed by atoms with Gasteiger partial charge in [0.25, 0.3) is 11.5 Å². The fourth-order valence-electron chi connectivity index (χ4n) is 2.63. The molecule has 136 valence electrons. The largest absolute Gasteiger partial charge is 0.332 e. The summed E-state index contributed by atoms with van der Waals surface area (Å²) in [6.07, 6.45) is 1.41. The van der Waals surface area contributed by atoms with Crippen LogP contribution in [-0.2, 0) is 14.1 Å². The Morgan fingerprint density at radius 1 is 1.19 bits per heavy atom. The van der Waals surface area contributed by atoms with Gasteiger partial charge in [-0.3, -0.25) is 18.7 Å². The Labute approximate surface area is 160 Å². The molecule has 0 unspecified atom stereocenters. The van der Waals surface area contributed by atoms with E-state index in [0.717, 1.165) is 15.1 Å². The maximum absolute atomic E-state index is 12.5. The molecule has 4 aromatic heterocycles. The number of thiophene rings is 1. The fraction of sp³-hybridized carbons (Fsp3) is 0.118. The first-order valence-corrected chi connectivity index (χ1v) is 9.63. The number of thiazole rings is 1. The Bertz CT molecular complexity index is 1280. The Morgan fingerprint density at radius 3 is 2.74 bits per heavy atom. The van der Waals surface area contributed by atoms with Crippen molar-refractivity contribution in [1.29, 1.82) is 0 Å². The van der Waals surface area contributed by atoms with Gasteiger partial charge in [0.2, 0.25) is 0 Å². The lowest BCUT2D eigenvalue weighted by Gasteiger charge is -2.08. The van der Waals surface area contributed by atoms with Crippen LogP contribution in [0.25, 0.3) is 21.6 Å². The summed E-state index contributed by atoms with van der Waals surface area (Å²) in [4.78, 5) is 45.3. The minimum Gasteiger partial charge on any atom is -0.319 e. The summed E-state index contributed by atoms with van der Waals surface area (Å²) in [6.45, 7) is 0. The lowest BCUT2D eigenvalue weighted by molar-refractivity contribution is 0.102. The van der Waals surface area contributed by atoms with Crippen LogP contribution in [0.1, 0.15) is 10.5 Å². The molecule has 10 heteroatoms. The normalized spacial score (nSPS) is 11.0. The zero-order valence-electron chi connectivity index (χ0n) is 14.3. The van der Waals surface area contributed by atoms with E-state index in [1.807, 2.05) is 16.8 Å². The first-order valence-electron chi connectivity index (χ1n) is 7.81. The zero-order valence-corrected chi connectivity index (χ0v) is 15.9. The molecule has 0 saturated heterocycles. The Kier molecular flexibility index (Phi) is 4.21. The molecule has 4 rings (SSSR count). The molecule has 0 saturated carbocycles. The molecule has 0 bridgehead atoms. The topological polar surface area (TPSA) is 98.9 Å². The summed E-state index contributed by atoms with van der Waals surface area (Å²) in [7, 11) is 2.94. The summed E-state index contributed by atoms with van der Waals surface area (Å²) in [5.41, 5.74) is 0.948. The van der Waals surface area contributed by atoms with Crippen LogP contribution in [0.3, 0.4) is 0 Å². The molecule has 0 aromatic carbocycles. The van der Waals surface area contributed by atoms with E-state index in [4.69, 9.17) is 0 Å². The highest BCUT2D eigenvalue weighted by Gasteiger charge is 2.15. The minimum absolute atomic E-state index is 0.245. The van der Waals surface area contributed by atoms with Crippen molar-refractivity contribution in [1.82, 2.24) is 19.1 Å². The summed E-state index contributed by atoms with van der Waals surface area (Å²) >= 11 is 2.95. The fourth-order valence-corrected chi connectivity index (χ4v) is 4.14. The van der Waals surface area contributed by atoms with Crippen LogP contribution in [0.15, 0.2) is 44.1 Å². The highest BCUT2D eigenvalue weighted by molar-refractivity contribution is 7.14. The van der Waals surface area contributed by atoms with Crippen LogP contribution < -0.4 is 16.6 Å². The molecule has 1 amide bonds. The lowest BCUT2D eigenvalue weighted by atomic mass is 10.3. The number of nitrogens with zero attached hydrogens (tertiary/aromatic N) is 4. The third kappa shape index (κ3) is 2.98. The average Bonchev–Trinajstić information content (AvgIpc) is 3.35. The number of amides is 1. The molecule has 0 aliphatic carbocycles. The summed E-state index contributed by atoms with van der Waals surface area (Å²) in [5.74, 6) is -0.393. The molecule has 8 nitrogen and oxygen atoms in total. The van der Waals surface area contributed by atoms with Crippen molar-refractivity contribution >= 4 is 45.3 Å². The number of hydrogen-bond acceptors (Lipinski definition) is 7. The molecule has 0 atom stereocenters. The third-order valence-corrected chi connectivity index (χ3v) is 5.63. The molecule has 4 heterocycles. The van der Waals surface area contributed by atoms with E-state index in [-0.39, 0.29) is 16.7 Å². The maximum Gasteiger partial charge on any atom is 0.332 e. The van der Waals surface area contributed by atoms with Crippen molar-refractivity contribution in [3.8, 4) is 10.6 Å². The molecular formula is C17H13N5O3S2. The number of nitrogens with one attached hydrogen (secondary N) is 1. The summed E-state index contributed by atoms with van der Waals surface area (Å²) < 4.78 is 2.29. The van der Waals surface area contributed by atoms with E-state index in [1.165, 1.54) is 42.3 Å². The molecule has 0 spiro atoms. The highest BCUT2D eigenvalue weighted by Crippen LogP contribution is 2.26. The van der Waals surface area contributed by atoms with Crippen molar-refractivity contribution in [2.45, 2.75) is 0 Å². The van der Waals surface area contributed by atoms with E-state index in [0.29, 0.717) is 5.69 Å². The van der Waals surface area contributed by atoms with E-state index in [1.54, 1.807) is 16.7 Å². The zero-order chi connectivity index (χ0) is 19.1. The van der Waals surface area contributed by atoms with Crippen LogP contribution in [0.4, 0.5) is 5.69 Å². The highest BCUT2D eigenvalue weighted by atomic mass is 32.1. The van der Waals surface area contributed by atoms with Gasteiger partial charge in [-0.2, -0.15) is 11.3 Å². The van der Waals surface area contributed by atoms with Crippen LogP contribution in [0.5, 0.6) is 0 Å². The molecule has 0 fully saturated rings. The molecule has 0 aliphatic rings. The predicted octanol–water partition coefficient (Wildman–Crippen LogP) is 2.07. The second-order valence-electron chi connectivity index (χ2n) is 5.80. The Balaban J connectivity index is 1.67. The average molecular weight is 399 g/mol. The molecule has 0 aliphatic heterocycles. The number of aryl methyl sites for hydroxylation is 1. The number of aromatic nitrogens is 4. The van der Waals surface area contributed by atoms with Gasteiger partial charge < -0.3 is 5.32 Å². The third-order valence-electron chi connectivity index (χ3n) is 4.06. The van der Waals surface area contributed by atoms with Crippen LogP contribution in [0, 0.1) is 0 Å². The SMILES string of the molecule is Cn1c(=O)c2cc(NC(=O)c3csc(-c4ccsc4)n3)cnc2n(C)c1=O. The van der Waals surface area contributed by atoms with Gasteiger partial charge in [0, 0.05) is 30.4 Å². The molecule has 4 aromatic rings. The van der Waals surface area contributed by atoms with Gasteiger partial charge in [0.1, 0.15) is 16.3 Å². The number of carbonyl (C=O) groups is 1. The number of rotatable bonds is 3. The molecule has 1 N–H and O–H groups in total. The van der Waals surface area contributed by atoms with Crippen LogP contribution in [0.2, 0.25) is 0 Å². The Morgan fingerprint density at radius 2 is 2.00 bits per heavy atom. The van der Waals surface area contributed by atoms with Gasteiger partial charge in [0.15, 0.2) is 0 Å². The lowest BCUT2D eigenvalue weighted by Crippen LogP contribution is -2.37. The summed E-state index contributed by atoms with van der Waals surface area (Å²) in [6, 6.07) is 3.45. The van der Waals surface area contributed by atoms with E-state index >= 15 is 0 Å². The monoisotopic (exact) mass is 399 g/mol. The predicted molar refractivity (Wildman–Crippen MR) is 106 cm³/mol. The van der Waals surface area contributed by atoms with Crippen LogP contribution in [-0.4, -0.2) is 25.0 Å². The van der Waals surface area contributed by atoms with Gasteiger partial charge in [-0.1, -0.05) is 0 Å². The van der Waals surface area contributed by atoms with Crippen molar-refractivity contribution in [3.05, 3.63) is 61.0 Å². The van der Waals surface area contributed by atoms with Gasteiger partial charge in [0.05, 0.1) is 17.3 Å². The second-order valence-corrected chi connectivity index (χ2v) is 7.44. The molecule has 27 heavy (non-hydrogen) atoms. The van der Waals surface area contributed by atoms with Crippen molar-refractivity contribution < 1.29 is 4.79 Å². The Hall–Kier alpha value is -3.11. The van der Waals surface area contributed by atoms with Gasteiger partial charge in [-0.05, 0) is 17.5 Å². The smallest absolute Gasteiger partial charge is 0.319 e. The van der Waals surface area contributed by atoms with Crippen molar-refractivity contribution in [2.75, 3.05) is 5.32 Å².